The van der Waals surface area contributed by atoms with Crippen LogP contribution in [0.3, 0.4) is 0 Å². The standard InChI is InChI=1S/C25H29FN4O/c26-22-6-3-19(4-7-22)16-30-12-11-29(18-25(30)31)15-20-5-8-24-21(13-20)14-23(27-24)17-28-9-1-2-10-28/h3-8,13-14,27H,1-2,9-12,15-18H2. The van der Waals surface area contributed by atoms with Crippen molar-refractivity contribution in [1.82, 2.24) is 19.7 Å². The smallest absolute Gasteiger partial charge is 0.237 e. The third-order valence-corrected chi connectivity index (χ3v) is 6.42. The van der Waals surface area contributed by atoms with Crippen molar-refractivity contribution in [2.75, 3.05) is 32.7 Å². The van der Waals surface area contributed by atoms with Crippen LogP contribution in [0.1, 0.15) is 29.7 Å². The van der Waals surface area contributed by atoms with Gasteiger partial charge in [-0.1, -0.05) is 18.2 Å². The number of aromatic nitrogens is 1. The van der Waals surface area contributed by atoms with Crippen molar-refractivity contribution in [2.24, 2.45) is 0 Å². The monoisotopic (exact) mass is 420 g/mol. The van der Waals surface area contributed by atoms with Crippen molar-refractivity contribution in [3.63, 3.8) is 0 Å². The van der Waals surface area contributed by atoms with Gasteiger partial charge in [0, 0.05) is 49.3 Å². The van der Waals surface area contributed by atoms with Gasteiger partial charge in [-0.3, -0.25) is 14.6 Å². The molecule has 2 aliphatic rings. The van der Waals surface area contributed by atoms with E-state index in [0.29, 0.717) is 19.6 Å². The molecule has 5 rings (SSSR count). The lowest BCUT2D eigenvalue weighted by molar-refractivity contribution is -0.136. The molecular formula is C25H29FN4O. The molecule has 1 amide bonds. The number of aromatic amines is 1. The van der Waals surface area contributed by atoms with Gasteiger partial charge in [-0.15, -0.1) is 0 Å². The van der Waals surface area contributed by atoms with Gasteiger partial charge >= 0.3 is 0 Å². The molecule has 1 aromatic heterocycles. The second-order valence-corrected chi connectivity index (χ2v) is 8.85. The fraction of sp³-hybridized carbons (Fsp3) is 0.400. The Morgan fingerprint density at radius 2 is 1.58 bits per heavy atom. The average Bonchev–Trinajstić information content (AvgIpc) is 3.41. The van der Waals surface area contributed by atoms with Crippen LogP contribution < -0.4 is 0 Å². The Hall–Kier alpha value is -2.70. The second-order valence-electron chi connectivity index (χ2n) is 8.85. The third-order valence-electron chi connectivity index (χ3n) is 6.42. The summed E-state index contributed by atoms with van der Waals surface area (Å²) in [7, 11) is 0. The van der Waals surface area contributed by atoms with E-state index < -0.39 is 0 Å². The van der Waals surface area contributed by atoms with Crippen molar-refractivity contribution in [1.29, 1.82) is 0 Å². The number of hydrogen-bond acceptors (Lipinski definition) is 3. The molecule has 0 spiro atoms. The van der Waals surface area contributed by atoms with Crippen LogP contribution in [0.4, 0.5) is 4.39 Å². The van der Waals surface area contributed by atoms with Crippen LogP contribution in [0.15, 0.2) is 48.5 Å². The number of hydrogen-bond donors (Lipinski definition) is 1. The van der Waals surface area contributed by atoms with Crippen molar-refractivity contribution in [2.45, 2.75) is 32.5 Å². The van der Waals surface area contributed by atoms with E-state index in [0.717, 1.165) is 25.2 Å². The van der Waals surface area contributed by atoms with Crippen LogP contribution in [0.25, 0.3) is 10.9 Å². The number of amides is 1. The van der Waals surface area contributed by atoms with Gasteiger partial charge in [0.2, 0.25) is 5.91 Å². The summed E-state index contributed by atoms with van der Waals surface area (Å²) in [5.41, 5.74) is 4.65. The molecular weight excluding hydrogens is 391 g/mol. The summed E-state index contributed by atoms with van der Waals surface area (Å²) >= 11 is 0. The second kappa shape index (κ2) is 8.81. The Morgan fingerprint density at radius 3 is 2.35 bits per heavy atom. The number of H-pyrrole nitrogens is 1. The maximum Gasteiger partial charge on any atom is 0.237 e. The fourth-order valence-electron chi connectivity index (χ4n) is 4.74. The first-order valence-corrected chi connectivity index (χ1v) is 11.2. The lowest BCUT2D eigenvalue weighted by Crippen LogP contribution is -2.49. The molecule has 2 saturated heterocycles. The molecule has 5 nitrogen and oxygen atoms in total. The molecule has 1 N–H and O–H groups in total. The van der Waals surface area contributed by atoms with E-state index in [9.17, 15) is 9.18 Å². The lowest BCUT2D eigenvalue weighted by Gasteiger charge is -2.34. The predicted octanol–water partition coefficient (Wildman–Crippen LogP) is 3.75. The Labute approximate surface area is 182 Å². The number of piperazine rings is 1. The molecule has 0 atom stereocenters. The number of nitrogens with zero attached hydrogens (tertiary/aromatic N) is 3. The van der Waals surface area contributed by atoms with Crippen LogP contribution in [-0.2, 0) is 24.4 Å². The fourth-order valence-corrected chi connectivity index (χ4v) is 4.74. The number of carbonyl (C=O) groups is 1. The molecule has 2 aliphatic heterocycles. The minimum atomic E-state index is -0.248. The van der Waals surface area contributed by atoms with Gasteiger partial charge in [-0.2, -0.15) is 0 Å². The van der Waals surface area contributed by atoms with Crippen molar-refractivity contribution in [3.05, 3.63) is 71.2 Å². The number of fused-ring (bicyclic) bond motifs is 1. The zero-order valence-corrected chi connectivity index (χ0v) is 17.8. The Bertz CT molecular complexity index is 1060. The SMILES string of the molecule is O=C1CN(Cc2ccc3[nH]c(CN4CCCC4)cc3c2)CCN1Cc1ccc(F)cc1. The average molecular weight is 421 g/mol. The molecule has 0 bridgehead atoms. The maximum atomic E-state index is 13.1. The maximum absolute atomic E-state index is 13.1. The van der Waals surface area contributed by atoms with Crippen LogP contribution >= 0.6 is 0 Å². The van der Waals surface area contributed by atoms with Gasteiger partial charge in [0.25, 0.3) is 0 Å². The van der Waals surface area contributed by atoms with E-state index in [4.69, 9.17) is 0 Å². The summed E-state index contributed by atoms with van der Waals surface area (Å²) in [6.45, 7) is 6.67. The molecule has 0 saturated carbocycles. The van der Waals surface area contributed by atoms with Crippen LogP contribution in [-0.4, -0.2) is 58.3 Å². The molecule has 0 unspecified atom stereocenters. The largest absolute Gasteiger partial charge is 0.357 e. The number of rotatable bonds is 6. The van der Waals surface area contributed by atoms with Gasteiger partial charge in [0.05, 0.1) is 6.54 Å². The summed E-state index contributed by atoms with van der Waals surface area (Å²) in [5, 5.41) is 1.24. The van der Waals surface area contributed by atoms with Crippen LogP contribution in [0.5, 0.6) is 0 Å². The van der Waals surface area contributed by atoms with E-state index in [1.165, 1.54) is 60.2 Å². The molecule has 3 aromatic rings. The van der Waals surface area contributed by atoms with E-state index in [-0.39, 0.29) is 11.7 Å². The van der Waals surface area contributed by atoms with E-state index >= 15 is 0 Å². The van der Waals surface area contributed by atoms with Gasteiger partial charge < -0.3 is 9.88 Å². The summed E-state index contributed by atoms with van der Waals surface area (Å²) in [5.74, 6) is -0.117. The zero-order valence-electron chi connectivity index (χ0n) is 17.8. The summed E-state index contributed by atoms with van der Waals surface area (Å²) in [4.78, 5) is 22.8. The van der Waals surface area contributed by atoms with Crippen molar-refractivity contribution < 1.29 is 9.18 Å². The quantitative estimate of drug-likeness (QED) is 0.661. The molecule has 3 heterocycles. The van der Waals surface area contributed by atoms with Crippen LogP contribution in [0, 0.1) is 5.82 Å². The highest BCUT2D eigenvalue weighted by Crippen LogP contribution is 2.21. The van der Waals surface area contributed by atoms with Gasteiger partial charge in [0.15, 0.2) is 0 Å². The number of likely N-dealkylation sites (tertiary alicyclic amines) is 1. The normalized spacial score (nSPS) is 18.4. The van der Waals surface area contributed by atoms with Gasteiger partial charge in [0.1, 0.15) is 5.82 Å². The lowest BCUT2D eigenvalue weighted by atomic mass is 10.1. The van der Waals surface area contributed by atoms with E-state index in [1.54, 1.807) is 12.1 Å². The Morgan fingerprint density at radius 1 is 0.806 bits per heavy atom. The zero-order chi connectivity index (χ0) is 21.2. The van der Waals surface area contributed by atoms with E-state index in [1.807, 2.05) is 4.90 Å². The summed E-state index contributed by atoms with van der Waals surface area (Å²) < 4.78 is 13.1. The first-order valence-electron chi connectivity index (χ1n) is 11.2. The summed E-state index contributed by atoms with van der Waals surface area (Å²) in [6, 6.07) is 15.2. The minimum Gasteiger partial charge on any atom is -0.357 e. The van der Waals surface area contributed by atoms with Gasteiger partial charge in [-0.05, 0) is 67.4 Å². The first kappa shape index (κ1) is 20.2. The molecule has 2 fully saturated rings. The molecule has 0 radical (unpaired) electrons. The molecule has 31 heavy (non-hydrogen) atoms. The Balaban J connectivity index is 1.19. The highest BCUT2D eigenvalue weighted by Gasteiger charge is 2.24. The minimum absolute atomic E-state index is 0.131. The number of benzene rings is 2. The van der Waals surface area contributed by atoms with E-state index in [2.05, 4.69) is 39.0 Å². The highest BCUT2D eigenvalue weighted by molar-refractivity contribution is 5.81. The topological polar surface area (TPSA) is 42.6 Å². The first-order chi connectivity index (χ1) is 15.1. The third kappa shape index (κ3) is 4.81. The number of halogens is 1. The highest BCUT2D eigenvalue weighted by atomic mass is 19.1. The molecule has 6 heteroatoms. The Kier molecular flexibility index (Phi) is 5.74. The van der Waals surface area contributed by atoms with Crippen molar-refractivity contribution >= 4 is 16.8 Å². The predicted molar refractivity (Wildman–Crippen MR) is 120 cm³/mol. The number of carbonyl (C=O) groups excluding carboxylic acids is 1. The van der Waals surface area contributed by atoms with Crippen LogP contribution in [0.2, 0.25) is 0 Å². The number of nitrogens with one attached hydrogen (secondary N) is 1. The molecule has 162 valence electrons. The summed E-state index contributed by atoms with van der Waals surface area (Å²) in [6.07, 6.45) is 2.61. The van der Waals surface area contributed by atoms with Crippen molar-refractivity contribution in [3.8, 4) is 0 Å². The van der Waals surface area contributed by atoms with Gasteiger partial charge in [-0.25, -0.2) is 4.39 Å². The molecule has 0 aliphatic carbocycles. The molecule has 2 aromatic carbocycles.